The van der Waals surface area contributed by atoms with Gasteiger partial charge >= 0.3 is 0 Å². The largest absolute Gasteiger partial charge is 0.493 e. The zero-order chi connectivity index (χ0) is 23.2. The van der Waals surface area contributed by atoms with Gasteiger partial charge in [-0.15, -0.1) is 0 Å². The van der Waals surface area contributed by atoms with E-state index in [1.165, 1.54) is 50.8 Å². The van der Waals surface area contributed by atoms with E-state index >= 15 is 0 Å². The van der Waals surface area contributed by atoms with E-state index in [-0.39, 0.29) is 5.02 Å². The van der Waals surface area contributed by atoms with Gasteiger partial charge in [0, 0.05) is 23.7 Å². The van der Waals surface area contributed by atoms with Gasteiger partial charge in [-0.05, 0) is 69.0 Å². The van der Waals surface area contributed by atoms with E-state index in [2.05, 4.69) is 27.1 Å². The lowest BCUT2D eigenvalue weighted by Gasteiger charge is -2.20. The van der Waals surface area contributed by atoms with Crippen molar-refractivity contribution in [1.29, 1.82) is 0 Å². The summed E-state index contributed by atoms with van der Waals surface area (Å²) in [6.45, 7) is 6.31. The molecule has 0 aliphatic carbocycles. The number of likely N-dealkylation sites (tertiary alicyclic amines) is 1. The number of ether oxygens (including phenoxy) is 2. The van der Waals surface area contributed by atoms with Crippen molar-refractivity contribution in [3.63, 3.8) is 0 Å². The third-order valence-corrected chi connectivity index (χ3v) is 6.38. The molecule has 0 spiro atoms. The molecule has 1 atom stereocenters. The molecule has 4 rings (SSSR count). The predicted molar refractivity (Wildman–Crippen MR) is 130 cm³/mol. The van der Waals surface area contributed by atoms with Crippen molar-refractivity contribution in [2.45, 2.75) is 32.6 Å². The van der Waals surface area contributed by atoms with Crippen molar-refractivity contribution < 1.29 is 13.9 Å². The number of hydrogen-bond donors (Lipinski definition) is 1. The molecule has 0 amide bonds. The Bertz CT molecular complexity index is 1100. The topological polar surface area (TPSA) is 59.5 Å². The second-order valence-corrected chi connectivity index (χ2v) is 8.98. The van der Waals surface area contributed by atoms with E-state index in [1.807, 2.05) is 12.1 Å². The van der Waals surface area contributed by atoms with Crippen molar-refractivity contribution in [3.05, 3.63) is 47.5 Å². The Balaban J connectivity index is 1.46. The van der Waals surface area contributed by atoms with Gasteiger partial charge in [-0.1, -0.05) is 18.5 Å². The van der Waals surface area contributed by atoms with Crippen LogP contribution in [0.2, 0.25) is 5.02 Å². The molecule has 8 heteroatoms. The highest BCUT2D eigenvalue weighted by Crippen LogP contribution is 2.35. The number of anilines is 2. The van der Waals surface area contributed by atoms with Gasteiger partial charge in [0.2, 0.25) is 0 Å². The standard InChI is InChI=1S/C25H30ClFN4O2/c1-17-5-3-9-31(11-8-17)10-4-12-33-24-14-19-22(15-23(24)32-2)28-16-29-25(19)30-18-6-7-21(27)20(26)13-18/h6-7,13-17H,3-5,8-12H2,1-2H3,(H,28,29,30). The number of rotatable bonds is 8. The maximum absolute atomic E-state index is 13.5. The number of nitrogens with one attached hydrogen (secondary N) is 1. The van der Waals surface area contributed by atoms with Crippen LogP contribution in [0.4, 0.5) is 15.9 Å². The maximum atomic E-state index is 13.5. The van der Waals surface area contributed by atoms with Crippen LogP contribution in [0.15, 0.2) is 36.7 Å². The highest BCUT2D eigenvalue weighted by atomic mass is 35.5. The molecule has 6 nitrogen and oxygen atoms in total. The van der Waals surface area contributed by atoms with Crippen LogP contribution in [-0.4, -0.2) is 48.2 Å². The van der Waals surface area contributed by atoms with Crippen molar-refractivity contribution in [3.8, 4) is 11.5 Å². The molecule has 2 heterocycles. The van der Waals surface area contributed by atoms with Crippen LogP contribution in [0.3, 0.4) is 0 Å². The minimum absolute atomic E-state index is 0.0444. The van der Waals surface area contributed by atoms with Gasteiger partial charge in [0.15, 0.2) is 11.5 Å². The zero-order valence-electron chi connectivity index (χ0n) is 19.1. The molecule has 1 N–H and O–H groups in total. The first kappa shape index (κ1) is 23.5. The molecule has 3 aromatic rings. The number of benzene rings is 2. The maximum Gasteiger partial charge on any atom is 0.162 e. The summed E-state index contributed by atoms with van der Waals surface area (Å²) in [4.78, 5) is 11.3. The SMILES string of the molecule is COc1cc2ncnc(Nc3ccc(F)c(Cl)c3)c2cc1OCCCN1CCCC(C)CC1. The van der Waals surface area contributed by atoms with E-state index in [1.54, 1.807) is 13.2 Å². The van der Waals surface area contributed by atoms with E-state index in [9.17, 15) is 4.39 Å². The summed E-state index contributed by atoms with van der Waals surface area (Å²) >= 11 is 5.92. The fourth-order valence-corrected chi connectivity index (χ4v) is 4.34. The Kier molecular flexibility index (Phi) is 7.83. The minimum Gasteiger partial charge on any atom is -0.493 e. The van der Waals surface area contributed by atoms with Gasteiger partial charge in [-0.3, -0.25) is 0 Å². The Hall–Kier alpha value is -2.64. The molecule has 1 aliphatic rings. The van der Waals surface area contributed by atoms with Crippen LogP contribution in [0.25, 0.3) is 10.9 Å². The molecule has 1 saturated heterocycles. The molecular formula is C25H30ClFN4O2. The zero-order valence-corrected chi connectivity index (χ0v) is 19.9. The summed E-state index contributed by atoms with van der Waals surface area (Å²) in [5.74, 6) is 2.20. The van der Waals surface area contributed by atoms with Crippen molar-refractivity contribution >= 4 is 34.0 Å². The monoisotopic (exact) mass is 472 g/mol. The second kappa shape index (κ2) is 11.0. The summed E-state index contributed by atoms with van der Waals surface area (Å²) in [6, 6.07) is 8.17. The molecule has 1 aromatic heterocycles. The van der Waals surface area contributed by atoms with E-state index in [0.717, 1.165) is 24.3 Å². The summed E-state index contributed by atoms with van der Waals surface area (Å²) in [7, 11) is 1.62. The van der Waals surface area contributed by atoms with Crippen LogP contribution in [0.5, 0.6) is 11.5 Å². The predicted octanol–water partition coefficient (Wildman–Crippen LogP) is 6.07. The first-order chi connectivity index (χ1) is 16.0. The van der Waals surface area contributed by atoms with E-state index in [4.69, 9.17) is 21.1 Å². The summed E-state index contributed by atoms with van der Waals surface area (Å²) in [5, 5.41) is 4.01. The van der Waals surface area contributed by atoms with Crippen LogP contribution in [-0.2, 0) is 0 Å². The number of halogens is 2. The Morgan fingerprint density at radius 1 is 1.15 bits per heavy atom. The lowest BCUT2D eigenvalue weighted by Crippen LogP contribution is -2.27. The minimum atomic E-state index is -0.468. The lowest BCUT2D eigenvalue weighted by molar-refractivity contribution is 0.233. The average Bonchev–Trinajstić information content (AvgIpc) is 3.03. The first-order valence-electron chi connectivity index (χ1n) is 11.4. The third kappa shape index (κ3) is 6.03. The Morgan fingerprint density at radius 3 is 2.85 bits per heavy atom. The fraction of sp³-hybridized carbons (Fsp3) is 0.440. The molecule has 0 bridgehead atoms. The van der Waals surface area contributed by atoms with Gasteiger partial charge in [0.05, 0.1) is 24.3 Å². The van der Waals surface area contributed by atoms with Crippen LogP contribution >= 0.6 is 11.6 Å². The van der Waals surface area contributed by atoms with Crippen LogP contribution < -0.4 is 14.8 Å². The van der Waals surface area contributed by atoms with Gasteiger partial charge < -0.3 is 19.7 Å². The van der Waals surface area contributed by atoms with Gasteiger partial charge in [0.1, 0.15) is 18.0 Å². The number of nitrogens with zero attached hydrogens (tertiary/aromatic N) is 3. The normalized spacial score (nSPS) is 17.0. The summed E-state index contributed by atoms with van der Waals surface area (Å²) in [6.07, 6.45) is 6.28. The average molecular weight is 473 g/mol. The van der Waals surface area contributed by atoms with Gasteiger partial charge in [0.25, 0.3) is 0 Å². The second-order valence-electron chi connectivity index (χ2n) is 8.58. The highest BCUT2D eigenvalue weighted by molar-refractivity contribution is 6.31. The molecule has 2 aromatic carbocycles. The van der Waals surface area contributed by atoms with E-state index < -0.39 is 5.82 Å². The molecule has 1 fully saturated rings. The quantitative estimate of drug-likeness (QED) is 0.402. The Labute approximate surface area is 199 Å². The molecular weight excluding hydrogens is 443 g/mol. The highest BCUT2D eigenvalue weighted by Gasteiger charge is 2.15. The molecule has 33 heavy (non-hydrogen) atoms. The van der Waals surface area contributed by atoms with Crippen LogP contribution in [0, 0.1) is 11.7 Å². The van der Waals surface area contributed by atoms with Gasteiger partial charge in [-0.2, -0.15) is 0 Å². The van der Waals surface area contributed by atoms with Crippen molar-refractivity contribution in [2.24, 2.45) is 5.92 Å². The van der Waals surface area contributed by atoms with E-state index in [0.29, 0.717) is 35.1 Å². The third-order valence-electron chi connectivity index (χ3n) is 6.09. The molecule has 1 aliphatic heterocycles. The van der Waals surface area contributed by atoms with Crippen LogP contribution in [0.1, 0.15) is 32.6 Å². The van der Waals surface area contributed by atoms with Crippen molar-refractivity contribution in [1.82, 2.24) is 14.9 Å². The summed E-state index contributed by atoms with van der Waals surface area (Å²) in [5.41, 5.74) is 1.34. The van der Waals surface area contributed by atoms with Gasteiger partial charge in [-0.25, -0.2) is 14.4 Å². The molecule has 0 radical (unpaired) electrons. The number of fused-ring (bicyclic) bond motifs is 1. The first-order valence-corrected chi connectivity index (χ1v) is 11.8. The van der Waals surface area contributed by atoms with Crippen molar-refractivity contribution in [2.75, 3.05) is 38.7 Å². The molecule has 176 valence electrons. The smallest absolute Gasteiger partial charge is 0.162 e. The number of hydrogen-bond acceptors (Lipinski definition) is 6. The molecule has 1 unspecified atom stereocenters. The number of methoxy groups -OCH3 is 1. The Morgan fingerprint density at radius 2 is 2.03 bits per heavy atom. The summed E-state index contributed by atoms with van der Waals surface area (Å²) < 4.78 is 25.2. The molecule has 0 saturated carbocycles. The lowest BCUT2D eigenvalue weighted by atomic mass is 10.0. The fourth-order valence-electron chi connectivity index (χ4n) is 4.16. The number of aromatic nitrogens is 2.